The van der Waals surface area contributed by atoms with E-state index in [4.69, 9.17) is 9.47 Å². The van der Waals surface area contributed by atoms with Crippen molar-refractivity contribution >= 4 is 5.76 Å². The van der Waals surface area contributed by atoms with E-state index in [2.05, 4.69) is 0 Å². The highest BCUT2D eigenvalue weighted by atomic mass is 16.6. The van der Waals surface area contributed by atoms with E-state index in [0.29, 0.717) is 17.1 Å². The third-order valence-electron chi connectivity index (χ3n) is 3.36. The molecule has 0 radical (unpaired) electrons. The molecule has 106 valence electrons. The molecule has 5 heteroatoms. The summed E-state index contributed by atoms with van der Waals surface area (Å²) >= 11 is 0. The van der Waals surface area contributed by atoms with Gasteiger partial charge in [0.05, 0.1) is 18.5 Å². The minimum atomic E-state index is -0.384. The van der Waals surface area contributed by atoms with Gasteiger partial charge in [0.1, 0.15) is 11.5 Å². The fraction of sp³-hybridized carbons (Fsp3) is 0.125. The lowest BCUT2D eigenvalue weighted by atomic mass is 10.0. The first-order chi connectivity index (χ1) is 10.2. The van der Waals surface area contributed by atoms with Crippen LogP contribution >= 0.6 is 0 Å². The van der Waals surface area contributed by atoms with E-state index in [1.165, 1.54) is 0 Å². The van der Waals surface area contributed by atoms with Crippen molar-refractivity contribution in [2.75, 3.05) is 7.11 Å². The summed E-state index contributed by atoms with van der Waals surface area (Å²) in [4.78, 5) is 11.0. The molecule has 0 fully saturated rings. The number of methoxy groups -OCH3 is 1. The number of ether oxygens (including phenoxy) is 2. The van der Waals surface area contributed by atoms with Gasteiger partial charge in [-0.2, -0.15) is 0 Å². The monoisotopic (exact) mass is 283 g/mol. The zero-order valence-corrected chi connectivity index (χ0v) is 11.4. The number of hydrogen-bond acceptors (Lipinski definition) is 4. The largest absolute Gasteiger partial charge is 0.497 e. The summed E-state index contributed by atoms with van der Waals surface area (Å²) in [5.74, 6) is 1.56. The van der Waals surface area contributed by atoms with Gasteiger partial charge in [-0.25, -0.2) is 0 Å². The van der Waals surface area contributed by atoms with Crippen molar-refractivity contribution in [2.45, 2.75) is 6.42 Å². The molecule has 2 aromatic carbocycles. The molecule has 1 heterocycles. The molecule has 0 saturated heterocycles. The van der Waals surface area contributed by atoms with Gasteiger partial charge in [-0.15, -0.1) is 0 Å². The molecule has 21 heavy (non-hydrogen) atoms. The number of hydrogen-bond donors (Lipinski definition) is 0. The maximum Gasteiger partial charge on any atom is 0.293 e. The Kier molecular flexibility index (Phi) is 3.31. The molecule has 0 amide bonds. The molecule has 0 aliphatic carbocycles. The van der Waals surface area contributed by atoms with Crippen molar-refractivity contribution in [1.29, 1.82) is 0 Å². The van der Waals surface area contributed by atoms with E-state index in [1.807, 2.05) is 24.3 Å². The van der Waals surface area contributed by atoms with Crippen LogP contribution in [-0.2, 0) is 6.42 Å². The third kappa shape index (κ3) is 2.45. The second-order valence-corrected chi connectivity index (χ2v) is 4.65. The highest BCUT2D eigenvalue weighted by molar-refractivity contribution is 5.68. The van der Waals surface area contributed by atoms with Gasteiger partial charge in [-0.3, -0.25) is 10.1 Å². The predicted octanol–water partition coefficient (Wildman–Crippen LogP) is 3.28. The van der Waals surface area contributed by atoms with Crippen LogP contribution in [0, 0.1) is 10.1 Å². The van der Waals surface area contributed by atoms with E-state index in [-0.39, 0.29) is 22.8 Å². The zero-order valence-electron chi connectivity index (χ0n) is 11.4. The van der Waals surface area contributed by atoms with Gasteiger partial charge >= 0.3 is 0 Å². The fourth-order valence-corrected chi connectivity index (χ4v) is 2.32. The average molecular weight is 283 g/mol. The summed E-state index contributed by atoms with van der Waals surface area (Å²) in [6.07, 6.45) is 0.246. The van der Waals surface area contributed by atoms with Crippen LogP contribution in [0.1, 0.15) is 11.1 Å². The molecule has 0 aromatic heterocycles. The van der Waals surface area contributed by atoms with Crippen molar-refractivity contribution in [2.24, 2.45) is 0 Å². The lowest BCUT2D eigenvalue weighted by molar-refractivity contribution is -0.427. The highest BCUT2D eigenvalue weighted by Gasteiger charge is 2.29. The standard InChI is InChI=1S/C16H13NO4/c1-20-13-7-4-6-12(9-13)16-14(17(18)19)10-11-5-2-3-8-15(11)21-16/h2-9H,10H2,1H3. The predicted molar refractivity (Wildman–Crippen MR) is 77.7 cm³/mol. The van der Waals surface area contributed by atoms with Gasteiger partial charge in [0.15, 0.2) is 0 Å². The molecule has 0 bridgehead atoms. The van der Waals surface area contributed by atoms with E-state index in [0.717, 1.165) is 5.56 Å². The molecular formula is C16H13NO4. The summed E-state index contributed by atoms with van der Waals surface area (Å²) in [7, 11) is 1.55. The maximum absolute atomic E-state index is 11.3. The average Bonchev–Trinajstić information content (AvgIpc) is 2.53. The van der Waals surface area contributed by atoms with Crippen LogP contribution in [-0.4, -0.2) is 12.0 Å². The van der Waals surface area contributed by atoms with Crippen molar-refractivity contribution in [1.82, 2.24) is 0 Å². The van der Waals surface area contributed by atoms with E-state index >= 15 is 0 Å². The zero-order chi connectivity index (χ0) is 14.8. The Balaban J connectivity index is 2.10. The Morgan fingerprint density at radius 3 is 2.76 bits per heavy atom. The Hall–Kier alpha value is -2.82. The van der Waals surface area contributed by atoms with Crippen molar-refractivity contribution in [3.63, 3.8) is 0 Å². The lowest BCUT2D eigenvalue weighted by Crippen LogP contribution is -2.15. The Morgan fingerprint density at radius 1 is 1.19 bits per heavy atom. The number of fused-ring (bicyclic) bond motifs is 1. The minimum absolute atomic E-state index is 0.0574. The summed E-state index contributed by atoms with van der Waals surface area (Å²) in [5, 5.41) is 11.3. The summed E-state index contributed by atoms with van der Waals surface area (Å²) in [6.45, 7) is 0. The van der Waals surface area contributed by atoms with Crippen LogP contribution < -0.4 is 9.47 Å². The van der Waals surface area contributed by atoms with Crippen LogP contribution in [0.3, 0.4) is 0 Å². The van der Waals surface area contributed by atoms with Gasteiger partial charge in [0, 0.05) is 11.1 Å². The molecule has 1 aliphatic heterocycles. The van der Waals surface area contributed by atoms with Crippen molar-refractivity contribution < 1.29 is 14.4 Å². The summed E-state index contributed by atoms with van der Waals surface area (Å²) in [5.41, 5.74) is 1.51. The second-order valence-electron chi connectivity index (χ2n) is 4.65. The molecule has 5 nitrogen and oxygen atoms in total. The molecule has 2 aromatic rings. The van der Waals surface area contributed by atoms with Gasteiger partial charge in [-0.1, -0.05) is 30.3 Å². The van der Waals surface area contributed by atoms with Crippen LogP contribution in [0.5, 0.6) is 11.5 Å². The van der Waals surface area contributed by atoms with Gasteiger partial charge < -0.3 is 9.47 Å². The summed E-state index contributed by atoms with van der Waals surface area (Å²) < 4.78 is 10.9. The third-order valence-corrected chi connectivity index (χ3v) is 3.36. The first-order valence-corrected chi connectivity index (χ1v) is 6.47. The van der Waals surface area contributed by atoms with E-state index in [1.54, 1.807) is 31.4 Å². The van der Waals surface area contributed by atoms with E-state index < -0.39 is 0 Å². The number of benzene rings is 2. The number of para-hydroxylation sites is 1. The highest BCUT2D eigenvalue weighted by Crippen LogP contribution is 2.35. The molecule has 0 N–H and O–H groups in total. The van der Waals surface area contributed by atoms with Crippen molar-refractivity contribution in [3.05, 3.63) is 75.5 Å². The molecule has 0 atom stereocenters. The molecule has 0 saturated carbocycles. The smallest absolute Gasteiger partial charge is 0.293 e. The number of nitrogens with zero attached hydrogens (tertiary/aromatic N) is 1. The van der Waals surface area contributed by atoms with Crippen LogP contribution in [0.15, 0.2) is 54.2 Å². The SMILES string of the molecule is COc1cccc(C2=C([N+](=O)[O-])Cc3ccccc3O2)c1. The minimum Gasteiger partial charge on any atom is -0.497 e. The molecule has 0 unspecified atom stereocenters. The Labute approximate surface area is 121 Å². The molecular weight excluding hydrogens is 270 g/mol. The van der Waals surface area contributed by atoms with Gasteiger partial charge in [0.25, 0.3) is 5.70 Å². The normalized spacial score (nSPS) is 13.4. The molecule has 1 aliphatic rings. The topological polar surface area (TPSA) is 61.6 Å². The van der Waals surface area contributed by atoms with Crippen LogP contribution in [0.4, 0.5) is 0 Å². The fourth-order valence-electron chi connectivity index (χ4n) is 2.32. The number of rotatable bonds is 3. The van der Waals surface area contributed by atoms with Gasteiger partial charge in [0.2, 0.25) is 5.76 Å². The number of allylic oxidation sites excluding steroid dienone is 1. The quantitative estimate of drug-likeness (QED) is 0.640. The van der Waals surface area contributed by atoms with Crippen LogP contribution in [0.25, 0.3) is 5.76 Å². The molecule has 3 rings (SSSR count). The first-order valence-electron chi connectivity index (χ1n) is 6.47. The Morgan fingerprint density at radius 2 is 2.00 bits per heavy atom. The first kappa shape index (κ1) is 13.2. The number of nitro groups is 1. The lowest BCUT2D eigenvalue weighted by Gasteiger charge is -2.19. The van der Waals surface area contributed by atoms with Crippen molar-refractivity contribution in [3.8, 4) is 11.5 Å². The maximum atomic E-state index is 11.3. The molecule has 0 spiro atoms. The second kappa shape index (κ2) is 5.28. The summed E-state index contributed by atoms with van der Waals surface area (Å²) in [6, 6.07) is 14.4. The van der Waals surface area contributed by atoms with Gasteiger partial charge in [-0.05, 0) is 18.2 Å². The van der Waals surface area contributed by atoms with E-state index in [9.17, 15) is 10.1 Å². The van der Waals surface area contributed by atoms with Crippen LogP contribution in [0.2, 0.25) is 0 Å². The Bertz CT molecular complexity index is 737.